The van der Waals surface area contributed by atoms with E-state index in [9.17, 15) is 22.8 Å². The lowest BCUT2D eigenvalue weighted by atomic mass is 10.1. The zero-order valence-corrected chi connectivity index (χ0v) is 35.6. The van der Waals surface area contributed by atoms with Crippen molar-refractivity contribution in [1.82, 2.24) is 14.7 Å². The van der Waals surface area contributed by atoms with E-state index in [2.05, 4.69) is 11.0 Å². The maximum atomic E-state index is 13.7. The van der Waals surface area contributed by atoms with Gasteiger partial charge in [0, 0.05) is 17.4 Å². The maximum Gasteiger partial charge on any atom is 0.435 e. The van der Waals surface area contributed by atoms with Crippen molar-refractivity contribution in [3.05, 3.63) is 53.7 Å². The number of amides is 2. The average Bonchev–Trinajstić information content (AvgIpc) is 3.80. The molecule has 1 fully saturated rings. The second-order valence-electron chi connectivity index (χ2n) is 16.5. The highest BCUT2D eigenvalue weighted by atomic mass is 32.2. The van der Waals surface area contributed by atoms with Gasteiger partial charge in [0.1, 0.15) is 29.2 Å². The van der Waals surface area contributed by atoms with Gasteiger partial charge in [0.05, 0.1) is 47.9 Å². The van der Waals surface area contributed by atoms with Crippen LogP contribution in [0, 0.1) is 0 Å². The van der Waals surface area contributed by atoms with Gasteiger partial charge in [0.15, 0.2) is 6.10 Å². The number of carbonyl (C=O) groups is 3. The van der Waals surface area contributed by atoms with Crippen molar-refractivity contribution >= 4 is 61.5 Å². The SMILES string of the molecule is C=[SH+](CC)OC(CN(CCOc1ccc2c(C3CC3)nn(C(=O)OC(C)(C)C)c2c1)C(=O)OC(C)(C)C)c1cccc(N(C(=O)OC(C)(C)C)S(C)(=O)=O)c1. The molecule has 2 atom stereocenters. The minimum atomic E-state index is -4.11. The van der Waals surface area contributed by atoms with Gasteiger partial charge in [-0.2, -0.15) is 14.1 Å². The Morgan fingerprint density at radius 3 is 2.11 bits per heavy atom. The largest absolute Gasteiger partial charge is 0.492 e. The lowest BCUT2D eigenvalue weighted by molar-refractivity contribution is 0.0152. The number of thiol groups is 1. The van der Waals surface area contributed by atoms with Gasteiger partial charge < -0.3 is 23.8 Å². The molecule has 55 heavy (non-hydrogen) atoms. The Morgan fingerprint density at radius 1 is 0.927 bits per heavy atom. The summed E-state index contributed by atoms with van der Waals surface area (Å²) in [4.78, 5) is 41.5. The zero-order chi connectivity index (χ0) is 41.1. The predicted octanol–water partition coefficient (Wildman–Crippen LogP) is 7.49. The van der Waals surface area contributed by atoms with Crippen LogP contribution in [0.2, 0.25) is 0 Å². The van der Waals surface area contributed by atoms with E-state index in [4.69, 9.17) is 23.1 Å². The molecular formula is C39H57N4O10S2+. The Balaban J connectivity index is 1.64. The molecule has 2 unspecified atom stereocenters. The quantitative estimate of drug-likeness (QED) is 0.0730. The Morgan fingerprint density at radius 2 is 1.55 bits per heavy atom. The summed E-state index contributed by atoms with van der Waals surface area (Å²) >= 11 is 0. The van der Waals surface area contributed by atoms with Crippen molar-refractivity contribution in [2.24, 2.45) is 0 Å². The van der Waals surface area contributed by atoms with Gasteiger partial charge in [-0.05, 0) is 123 Å². The highest BCUT2D eigenvalue weighted by Gasteiger charge is 2.34. The highest BCUT2D eigenvalue weighted by Crippen LogP contribution is 2.43. The Bertz CT molecular complexity index is 2000. The van der Waals surface area contributed by atoms with Crippen LogP contribution in [0.15, 0.2) is 42.5 Å². The molecule has 304 valence electrons. The van der Waals surface area contributed by atoms with Crippen molar-refractivity contribution in [3.8, 4) is 5.75 Å². The first-order valence-corrected chi connectivity index (χ1v) is 21.8. The van der Waals surface area contributed by atoms with E-state index in [1.54, 1.807) is 86.6 Å². The van der Waals surface area contributed by atoms with E-state index in [-0.39, 0.29) is 31.3 Å². The summed E-state index contributed by atoms with van der Waals surface area (Å²) in [6, 6.07) is 11.8. The number of ether oxygens (including phenoxy) is 4. The molecule has 14 nitrogen and oxygen atoms in total. The molecule has 2 amide bonds. The third kappa shape index (κ3) is 12.7. The van der Waals surface area contributed by atoms with E-state index >= 15 is 0 Å². The van der Waals surface area contributed by atoms with Crippen LogP contribution in [0.4, 0.5) is 20.1 Å². The summed E-state index contributed by atoms with van der Waals surface area (Å²) < 4.78 is 57.1. The molecule has 16 heteroatoms. The molecule has 0 aliphatic heterocycles. The topological polar surface area (TPSA) is 156 Å². The van der Waals surface area contributed by atoms with Gasteiger partial charge in [0.25, 0.3) is 0 Å². The molecular weight excluding hydrogens is 749 g/mol. The molecule has 1 aliphatic carbocycles. The minimum absolute atomic E-state index is 0.0173. The van der Waals surface area contributed by atoms with Crippen LogP contribution in [0.25, 0.3) is 10.9 Å². The minimum Gasteiger partial charge on any atom is -0.492 e. The fourth-order valence-corrected chi connectivity index (χ4v) is 6.91. The summed E-state index contributed by atoms with van der Waals surface area (Å²) in [7, 11) is -5.32. The summed E-state index contributed by atoms with van der Waals surface area (Å²) in [5.41, 5.74) is -0.524. The normalized spacial score (nSPS) is 14.9. The van der Waals surface area contributed by atoms with Gasteiger partial charge in [-0.3, -0.25) is 0 Å². The molecule has 1 aromatic heterocycles. The van der Waals surface area contributed by atoms with E-state index < -0.39 is 62.0 Å². The predicted molar refractivity (Wildman–Crippen MR) is 217 cm³/mol. The number of carbonyl (C=O) groups excluding carboxylic acids is 3. The van der Waals surface area contributed by atoms with Crippen LogP contribution in [0.5, 0.6) is 5.75 Å². The molecule has 3 aromatic rings. The average molecular weight is 806 g/mol. The highest BCUT2D eigenvalue weighted by molar-refractivity contribution is 7.92. The van der Waals surface area contributed by atoms with Crippen molar-refractivity contribution in [2.75, 3.05) is 36.0 Å². The number of nitrogens with zero attached hydrogens (tertiary/aromatic N) is 4. The Labute approximate surface area is 327 Å². The first-order chi connectivity index (χ1) is 25.3. The van der Waals surface area contributed by atoms with Crippen molar-refractivity contribution in [1.29, 1.82) is 0 Å². The van der Waals surface area contributed by atoms with Crippen LogP contribution < -0.4 is 9.04 Å². The van der Waals surface area contributed by atoms with Crippen LogP contribution in [0.1, 0.15) is 105 Å². The number of hydrogen-bond donors (Lipinski definition) is 0. The number of sulfonamides is 1. The van der Waals surface area contributed by atoms with Crippen LogP contribution in [-0.2, 0) is 39.2 Å². The monoisotopic (exact) mass is 805 g/mol. The first kappa shape index (κ1) is 43.6. The molecule has 1 saturated carbocycles. The molecule has 0 N–H and O–H groups in total. The van der Waals surface area contributed by atoms with Gasteiger partial charge in [-0.1, -0.05) is 12.1 Å². The lowest BCUT2D eigenvalue weighted by Gasteiger charge is -2.30. The molecule has 0 spiro atoms. The van der Waals surface area contributed by atoms with Crippen molar-refractivity contribution in [3.63, 3.8) is 0 Å². The summed E-state index contributed by atoms with van der Waals surface area (Å²) in [5.74, 6) is 5.50. The van der Waals surface area contributed by atoms with Crippen LogP contribution in [0.3, 0.4) is 0 Å². The Kier molecular flexibility index (Phi) is 13.4. The fraction of sp³-hybridized carbons (Fsp3) is 0.564. The molecule has 4 rings (SSSR count). The molecule has 1 aliphatic rings. The smallest absolute Gasteiger partial charge is 0.435 e. The summed E-state index contributed by atoms with van der Waals surface area (Å²) in [6.07, 6.45) is -0.133. The van der Waals surface area contributed by atoms with Crippen LogP contribution in [-0.4, -0.2) is 95.8 Å². The molecule has 0 saturated heterocycles. The first-order valence-electron chi connectivity index (χ1n) is 18.3. The fourth-order valence-electron chi connectivity index (χ4n) is 5.41. The summed E-state index contributed by atoms with van der Waals surface area (Å²) in [6.45, 7) is 17.6. The van der Waals surface area contributed by atoms with Crippen molar-refractivity contribution < 1.29 is 45.9 Å². The number of benzene rings is 2. The summed E-state index contributed by atoms with van der Waals surface area (Å²) in [5, 5.41) is 5.47. The maximum absolute atomic E-state index is 13.7. The number of hydrogen-bond acceptors (Lipinski definition) is 11. The van der Waals surface area contributed by atoms with E-state index in [1.165, 1.54) is 21.7 Å². The second-order valence-corrected chi connectivity index (χ2v) is 20.1. The molecule has 1 heterocycles. The third-order valence-electron chi connectivity index (χ3n) is 7.88. The van der Waals surface area contributed by atoms with Gasteiger partial charge >= 0.3 is 18.3 Å². The van der Waals surface area contributed by atoms with Gasteiger partial charge in [0.2, 0.25) is 10.0 Å². The molecule has 0 radical (unpaired) electrons. The van der Waals surface area contributed by atoms with Gasteiger partial charge in [-0.15, -0.1) is 0 Å². The molecule has 0 bridgehead atoms. The van der Waals surface area contributed by atoms with Gasteiger partial charge in [-0.25, -0.2) is 27.0 Å². The number of anilines is 1. The number of fused-ring (bicyclic) bond motifs is 1. The standard InChI is InChI=1S/C39H56N4O10S2/c1-13-54(11)53-32(27-15-14-16-28(23-27)43(55(12,47)48)36(46)52-39(8,9)10)25-41(34(44)50-37(2,3)4)21-22-49-29-19-20-30-31(24-29)42(35(45)51-38(5,6)7)40-33(30)26-17-18-26/h14-16,19-20,23-24,26,32H,11,13,17-18,21-22,25H2,1-10,12H3/p+1. The second kappa shape index (κ2) is 16.9. The third-order valence-corrected chi connectivity index (χ3v) is 10.2. The van der Waals surface area contributed by atoms with Crippen LogP contribution >= 0.6 is 0 Å². The van der Waals surface area contributed by atoms with E-state index in [1.807, 2.05) is 13.0 Å². The van der Waals surface area contributed by atoms with Crippen molar-refractivity contribution in [2.45, 2.75) is 111 Å². The number of rotatable bonds is 13. The molecule has 2 aromatic carbocycles. The number of aromatic nitrogens is 2. The zero-order valence-electron chi connectivity index (χ0n) is 33.9. The van der Waals surface area contributed by atoms with E-state index in [0.29, 0.717) is 26.9 Å². The van der Waals surface area contributed by atoms with E-state index in [0.717, 1.165) is 30.2 Å². The lowest BCUT2D eigenvalue weighted by Crippen LogP contribution is -2.42. The Hall–Kier alpha value is -4.15.